The Morgan fingerprint density at radius 1 is 1.10 bits per heavy atom. The van der Waals surface area contributed by atoms with E-state index in [2.05, 4.69) is 9.97 Å². The van der Waals surface area contributed by atoms with Crippen LogP contribution >= 0.6 is 0 Å². The number of hydrogen-bond donors (Lipinski definition) is 2. The van der Waals surface area contributed by atoms with Crippen molar-refractivity contribution in [1.82, 2.24) is 9.97 Å². The average Bonchev–Trinajstić information content (AvgIpc) is 2.98. The summed E-state index contributed by atoms with van der Waals surface area (Å²) in [4.78, 5) is 10.4. The molecule has 30 heavy (non-hydrogen) atoms. The van der Waals surface area contributed by atoms with Gasteiger partial charge in [-0.15, -0.1) is 0 Å². The van der Waals surface area contributed by atoms with Crippen LogP contribution in [-0.2, 0) is 17.9 Å². The minimum Gasteiger partial charge on any atom is -0.389 e. The Labute approximate surface area is 170 Å². The van der Waals surface area contributed by atoms with Crippen molar-refractivity contribution >= 4 is 5.95 Å². The summed E-state index contributed by atoms with van der Waals surface area (Å²) in [6, 6.07) is 6.46. The summed E-state index contributed by atoms with van der Waals surface area (Å²) in [7, 11) is 0. The summed E-state index contributed by atoms with van der Waals surface area (Å²) in [5, 5.41) is 9.79. The summed E-state index contributed by atoms with van der Waals surface area (Å²) in [6.07, 6.45) is -1.54. The van der Waals surface area contributed by atoms with Gasteiger partial charge < -0.3 is 15.7 Å². The highest BCUT2D eigenvalue weighted by molar-refractivity contribution is 5.68. The van der Waals surface area contributed by atoms with Gasteiger partial charge in [0.25, 0.3) is 11.8 Å². The molecule has 5 rings (SSSR count). The second kappa shape index (κ2) is 6.13. The molecule has 0 bridgehead atoms. The molecular formula is C21H22F4N4O. The van der Waals surface area contributed by atoms with E-state index in [4.69, 9.17) is 5.73 Å². The molecule has 0 amide bonds. The van der Waals surface area contributed by atoms with E-state index in [1.807, 2.05) is 0 Å². The molecule has 0 spiro atoms. The third-order valence-corrected chi connectivity index (χ3v) is 6.60. The van der Waals surface area contributed by atoms with Crippen LogP contribution < -0.4 is 10.6 Å². The first-order chi connectivity index (χ1) is 14.0. The van der Waals surface area contributed by atoms with Gasteiger partial charge >= 0.3 is 0 Å². The Hall–Kier alpha value is -2.26. The number of hydrogen-bond acceptors (Lipinski definition) is 5. The Morgan fingerprint density at radius 3 is 2.33 bits per heavy atom. The van der Waals surface area contributed by atoms with E-state index in [1.54, 1.807) is 36.1 Å². The predicted molar refractivity (Wildman–Crippen MR) is 103 cm³/mol. The lowest BCUT2D eigenvalue weighted by Crippen LogP contribution is -2.59. The lowest BCUT2D eigenvalue weighted by Gasteiger charge is -2.45. The lowest BCUT2D eigenvalue weighted by molar-refractivity contribution is -0.125. The molecule has 2 aliphatic carbocycles. The number of alkyl halides is 4. The molecule has 2 atom stereocenters. The van der Waals surface area contributed by atoms with Gasteiger partial charge in [-0.05, 0) is 18.9 Å². The van der Waals surface area contributed by atoms with Crippen molar-refractivity contribution in [2.45, 2.75) is 62.1 Å². The number of aliphatic hydroxyl groups excluding tert-OH is 1. The molecule has 0 unspecified atom stereocenters. The molecule has 1 aromatic heterocycles. The Balaban J connectivity index is 1.53. The van der Waals surface area contributed by atoms with Gasteiger partial charge in [-0.25, -0.2) is 18.7 Å². The SMILES string of the molecule is C[C@H]1[C@H](O)CN1c1nc(-c2ccc(C3(N)CC(F)(F)C3)cc2)c2c(n1)C(F)(F)CC2. The maximum absolute atomic E-state index is 14.5. The van der Waals surface area contributed by atoms with Crippen LogP contribution in [0, 0.1) is 0 Å². The minimum absolute atomic E-state index is 0.158. The van der Waals surface area contributed by atoms with E-state index in [0.717, 1.165) is 0 Å². The molecule has 160 valence electrons. The number of nitrogens with two attached hydrogens (primary N) is 1. The first kappa shape index (κ1) is 19.7. The van der Waals surface area contributed by atoms with Crippen LogP contribution in [0.2, 0.25) is 0 Å². The van der Waals surface area contributed by atoms with Crippen molar-refractivity contribution in [3.05, 3.63) is 41.1 Å². The molecule has 1 saturated heterocycles. The van der Waals surface area contributed by atoms with Gasteiger partial charge in [0.2, 0.25) is 5.95 Å². The number of benzene rings is 1. The zero-order valence-electron chi connectivity index (χ0n) is 16.4. The Kier molecular flexibility index (Phi) is 4.03. The molecule has 2 aromatic rings. The first-order valence-electron chi connectivity index (χ1n) is 10.0. The van der Waals surface area contributed by atoms with Crippen LogP contribution in [-0.4, -0.2) is 39.7 Å². The third kappa shape index (κ3) is 2.90. The molecule has 3 N–H and O–H groups in total. The number of aliphatic hydroxyl groups is 1. The van der Waals surface area contributed by atoms with Gasteiger partial charge in [0, 0.05) is 36.9 Å². The Morgan fingerprint density at radius 2 is 1.77 bits per heavy atom. The van der Waals surface area contributed by atoms with Gasteiger partial charge in [-0.3, -0.25) is 0 Å². The summed E-state index contributed by atoms with van der Waals surface area (Å²) in [6.45, 7) is 2.07. The van der Waals surface area contributed by atoms with Crippen LogP contribution in [0.4, 0.5) is 23.5 Å². The monoisotopic (exact) mass is 422 g/mol. The van der Waals surface area contributed by atoms with E-state index in [0.29, 0.717) is 22.4 Å². The van der Waals surface area contributed by atoms with Crippen LogP contribution in [0.3, 0.4) is 0 Å². The highest BCUT2D eigenvalue weighted by Gasteiger charge is 2.55. The number of rotatable bonds is 3. The quantitative estimate of drug-likeness (QED) is 0.743. The maximum Gasteiger partial charge on any atom is 0.290 e. The van der Waals surface area contributed by atoms with Crippen molar-refractivity contribution in [2.75, 3.05) is 11.4 Å². The second-order valence-corrected chi connectivity index (χ2v) is 8.81. The van der Waals surface area contributed by atoms with Gasteiger partial charge in [-0.1, -0.05) is 24.3 Å². The van der Waals surface area contributed by atoms with Crippen molar-refractivity contribution in [2.24, 2.45) is 5.73 Å². The highest BCUT2D eigenvalue weighted by atomic mass is 19.3. The number of β-amino-alcohol motifs (C(OH)–C–C–N with tert-alkyl or cyclic N) is 1. The molecule has 2 heterocycles. The normalized spacial score (nSPS) is 27.9. The maximum atomic E-state index is 14.5. The topological polar surface area (TPSA) is 75.3 Å². The predicted octanol–water partition coefficient (Wildman–Crippen LogP) is 3.33. The lowest BCUT2D eigenvalue weighted by atomic mass is 9.70. The van der Waals surface area contributed by atoms with Crippen molar-refractivity contribution in [3.63, 3.8) is 0 Å². The Bertz CT molecular complexity index is 1000. The number of anilines is 1. The fourth-order valence-corrected chi connectivity index (χ4v) is 4.67. The smallest absolute Gasteiger partial charge is 0.290 e. The summed E-state index contributed by atoms with van der Waals surface area (Å²) in [5.41, 5.74) is 6.78. The molecule has 9 heteroatoms. The molecule has 5 nitrogen and oxygen atoms in total. The molecule has 1 aliphatic heterocycles. The van der Waals surface area contributed by atoms with Gasteiger partial charge in [0.15, 0.2) is 0 Å². The largest absolute Gasteiger partial charge is 0.389 e. The zero-order chi connectivity index (χ0) is 21.5. The first-order valence-corrected chi connectivity index (χ1v) is 10.0. The van der Waals surface area contributed by atoms with E-state index in [1.165, 1.54) is 0 Å². The zero-order valence-corrected chi connectivity index (χ0v) is 16.4. The van der Waals surface area contributed by atoms with Gasteiger partial charge in [-0.2, -0.15) is 8.78 Å². The third-order valence-electron chi connectivity index (χ3n) is 6.60. The van der Waals surface area contributed by atoms with E-state index in [9.17, 15) is 22.7 Å². The standard InChI is InChI=1S/C21H22F4N4O/c1-11-15(30)8-29(11)18-27-16(14-6-7-21(24,25)17(14)28-18)12-2-4-13(5-3-12)19(26)9-20(22,23)10-19/h2-5,11,15,30H,6-10,26H2,1H3/t11-,15+/m0/s1. The van der Waals surface area contributed by atoms with Gasteiger partial charge in [0.05, 0.1) is 23.4 Å². The van der Waals surface area contributed by atoms with Crippen molar-refractivity contribution in [3.8, 4) is 11.3 Å². The molecule has 2 fully saturated rings. The minimum atomic E-state index is -3.03. The second-order valence-electron chi connectivity index (χ2n) is 8.81. The fourth-order valence-electron chi connectivity index (χ4n) is 4.67. The molecular weight excluding hydrogens is 400 g/mol. The number of fused-ring (bicyclic) bond motifs is 1. The fraction of sp³-hybridized carbons (Fsp3) is 0.524. The van der Waals surface area contributed by atoms with E-state index in [-0.39, 0.29) is 37.1 Å². The van der Waals surface area contributed by atoms with Gasteiger partial charge in [0.1, 0.15) is 5.69 Å². The number of nitrogens with zero attached hydrogens (tertiary/aromatic N) is 3. The van der Waals surface area contributed by atoms with Crippen molar-refractivity contribution in [1.29, 1.82) is 0 Å². The summed E-state index contributed by atoms with van der Waals surface area (Å²) < 4.78 is 55.6. The van der Waals surface area contributed by atoms with Crippen LogP contribution in [0.1, 0.15) is 43.0 Å². The van der Waals surface area contributed by atoms with Crippen LogP contribution in [0.25, 0.3) is 11.3 Å². The van der Waals surface area contributed by atoms with E-state index >= 15 is 0 Å². The molecule has 1 aromatic carbocycles. The summed E-state index contributed by atoms with van der Waals surface area (Å²) in [5.74, 6) is -5.62. The number of halogens is 4. The van der Waals surface area contributed by atoms with Crippen LogP contribution in [0.15, 0.2) is 24.3 Å². The van der Waals surface area contributed by atoms with E-state index < -0.39 is 36.3 Å². The summed E-state index contributed by atoms with van der Waals surface area (Å²) >= 11 is 0. The molecule has 1 saturated carbocycles. The highest BCUT2D eigenvalue weighted by Crippen LogP contribution is 2.50. The molecule has 3 aliphatic rings. The average molecular weight is 422 g/mol. The molecule has 0 radical (unpaired) electrons. The van der Waals surface area contributed by atoms with Crippen LogP contribution in [0.5, 0.6) is 0 Å². The van der Waals surface area contributed by atoms with Crippen molar-refractivity contribution < 1.29 is 22.7 Å². The number of aromatic nitrogens is 2.